The summed E-state index contributed by atoms with van der Waals surface area (Å²) in [4.78, 5) is 8.38. The molecule has 0 bridgehead atoms. The van der Waals surface area contributed by atoms with Crippen molar-refractivity contribution in [2.75, 3.05) is 0 Å². The Morgan fingerprint density at radius 1 is 1.00 bits per heavy atom. The van der Waals surface area contributed by atoms with E-state index in [4.69, 9.17) is 4.98 Å². The van der Waals surface area contributed by atoms with Gasteiger partial charge in [-0.2, -0.15) is 0 Å². The molecule has 0 saturated heterocycles. The van der Waals surface area contributed by atoms with Crippen LogP contribution in [0.15, 0.2) is 72.8 Å². The lowest BCUT2D eigenvalue weighted by atomic mass is 9.55. The van der Waals surface area contributed by atoms with Gasteiger partial charge in [-0.05, 0) is 92.2 Å². The summed E-state index contributed by atoms with van der Waals surface area (Å²) in [6.07, 6.45) is 8.22. The fourth-order valence-electron chi connectivity index (χ4n) is 6.82. The predicted octanol–water partition coefficient (Wildman–Crippen LogP) is 6.99. The van der Waals surface area contributed by atoms with Crippen molar-refractivity contribution in [1.29, 1.82) is 0 Å². The lowest BCUT2D eigenvalue weighted by molar-refractivity contribution is -0.0497. The third-order valence-corrected chi connectivity index (χ3v) is 8.77. The SMILES string of the molecule is CC[C@]1(O)CC[C@]2(Cc3ccccc3)c3ccc(-c4nc5ccccc5[nH]4)cc3CCC[C@@H]2C1. The molecule has 3 nitrogen and oxygen atoms in total. The number of nitrogens with one attached hydrogen (secondary N) is 1. The highest BCUT2D eigenvalue weighted by Crippen LogP contribution is 2.54. The topological polar surface area (TPSA) is 48.9 Å². The molecule has 0 amide bonds. The molecule has 3 aromatic carbocycles. The monoisotopic (exact) mass is 450 g/mol. The van der Waals surface area contributed by atoms with Crippen molar-refractivity contribution in [1.82, 2.24) is 9.97 Å². The standard InChI is InChI=1S/C31H34N2O/c1-2-30(34)17-18-31(20-22-9-4-3-5-10-22)25(21-30)12-8-11-23-19-24(15-16-26(23)31)29-32-27-13-6-7-14-28(27)33-29/h3-7,9-10,13-16,19,25,34H,2,8,11-12,17-18,20-21H2,1H3,(H,32,33)/t25-,30+,31-/m1/s1. The quantitative estimate of drug-likeness (QED) is 0.352. The Morgan fingerprint density at radius 3 is 2.65 bits per heavy atom. The van der Waals surface area contributed by atoms with Crippen LogP contribution in [0.4, 0.5) is 0 Å². The van der Waals surface area contributed by atoms with Gasteiger partial charge in [0.05, 0.1) is 16.6 Å². The number of H-pyrrole nitrogens is 1. The first kappa shape index (κ1) is 21.6. The first-order valence-electron chi connectivity index (χ1n) is 12.9. The zero-order valence-corrected chi connectivity index (χ0v) is 20.1. The molecule has 2 N–H and O–H groups in total. The molecule has 6 rings (SSSR count). The smallest absolute Gasteiger partial charge is 0.138 e. The molecule has 34 heavy (non-hydrogen) atoms. The van der Waals surface area contributed by atoms with Crippen molar-refractivity contribution in [3.05, 3.63) is 89.5 Å². The van der Waals surface area contributed by atoms with E-state index < -0.39 is 5.60 Å². The van der Waals surface area contributed by atoms with Gasteiger partial charge in [0, 0.05) is 11.0 Å². The third kappa shape index (κ3) is 3.67. The number of para-hydroxylation sites is 2. The number of benzene rings is 3. The van der Waals surface area contributed by atoms with Gasteiger partial charge in [-0.1, -0.05) is 61.5 Å². The normalized spacial score (nSPS) is 26.6. The molecule has 0 spiro atoms. The van der Waals surface area contributed by atoms with E-state index in [-0.39, 0.29) is 5.41 Å². The molecule has 0 aliphatic heterocycles. The molecule has 1 fully saturated rings. The van der Waals surface area contributed by atoms with E-state index in [0.717, 1.165) is 55.4 Å². The van der Waals surface area contributed by atoms with Crippen molar-refractivity contribution in [3.8, 4) is 11.4 Å². The third-order valence-electron chi connectivity index (χ3n) is 8.77. The van der Waals surface area contributed by atoms with Crippen LogP contribution in [0.5, 0.6) is 0 Å². The second kappa shape index (κ2) is 8.39. The van der Waals surface area contributed by atoms with Crippen LogP contribution in [0, 0.1) is 5.92 Å². The molecule has 1 aromatic heterocycles. The summed E-state index contributed by atoms with van der Waals surface area (Å²) < 4.78 is 0. The molecular weight excluding hydrogens is 416 g/mol. The van der Waals surface area contributed by atoms with Crippen LogP contribution in [0.2, 0.25) is 0 Å². The minimum Gasteiger partial charge on any atom is -0.390 e. The minimum absolute atomic E-state index is 0.0843. The van der Waals surface area contributed by atoms with Crippen LogP contribution in [0.25, 0.3) is 22.4 Å². The van der Waals surface area contributed by atoms with Gasteiger partial charge < -0.3 is 10.1 Å². The molecular formula is C31H34N2O. The minimum atomic E-state index is -0.510. The zero-order valence-electron chi connectivity index (χ0n) is 20.1. The number of imidazole rings is 1. The second-order valence-corrected chi connectivity index (χ2v) is 10.7. The predicted molar refractivity (Wildman–Crippen MR) is 139 cm³/mol. The zero-order chi connectivity index (χ0) is 23.2. The van der Waals surface area contributed by atoms with E-state index in [1.807, 2.05) is 6.07 Å². The first-order chi connectivity index (χ1) is 16.6. The largest absolute Gasteiger partial charge is 0.390 e. The number of aromatic nitrogens is 2. The van der Waals surface area contributed by atoms with E-state index >= 15 is 0 Å². The summed E-state index contributed by atoms with van der Waals surface area (Å²) in [5.41, 5.74) is 7.23. The van der Waals surface area contributed by atoms with Gasteiger partial charge in [-0.25, -0.2) is 4.98 Å². The maximum absolute atomic E-state index is 11.3. The van der Waals surface area contributed by atoms with Gasteiger partial charge in [-0.15, -0.1) is 0 Å². The van der Waals surface area contributed by atoms with Gasteiger partial charge in [-0.3, -0.25) is 0 Å². The van der Waals surface area contributed by atoms with Crippen molar-refractivity contribution < 1.29 is 5.11 Å². The fourth-order valence-corrected chi connectivity index (χ4v) is 6.82. The number of hydrogen-bond donors (Lipinski definition) is 2. The molecule has 1 saturated carbocycles. The van der Waals surface area contributed by atoms with Crippen molar-refractivity contribution in [3.63, 3.8) is 0 Å². The number of aryl methyl sites for hydroxylation is 1. The van der Waals surface area contributed by atoms with Gasteiger partial charge >= 0.3 is 0 Å². The Bertz CT molecular complexity index is 1280. The number of aromatic amines is 1. The Labute approximate surface area is 202 Å². The van der Waals surface area contributed by atoms with Crippen molar-refractivity contribution >= 4 is 11.0 Å². The van der Waals surface area contributed by atoms with Crippen LogP contribution in [-0.4, -0.2) is 20.7 Å². The molecule has 0 radical (unpaired) electrons. The van der Waals surface area contributed by atoms with Gasteiger partial charge in [0.15, 0.2) is 0 Å². The second-order valence-electron chi connectivity index (χ2n) is 10.7. The van der Waals surface area contributed by atoms with Crippen LogP contribution in [0.1, 0.15) is 62.1 Å². The highest BCUT2D eigenvalue weighted by Gasteiger charge is 2.50. The van der Waals surface area contributed by atoms with Gasteiger partial charge in [0.1, 0.15) is 5.82 Å². The summed E-state index contributed by atoms with van der Waals surface area (Å²) in [5, 5.41) is 11.3. The summed E-state index contributed by atoms with van der Waals surface area (Å²) in [5.74, 6) is 1.45. The van der Waals surface area contributed by atoms with Crippen LogP contribution in [-0.2, 0) is 18.3 Å². The summed E-state index contributed by atoms with van der Waals surface area (Å²) in [6, 6.07) is 26.3. The van der Waals surface area contributed by atoms with E-state index in [1.54, 1.807) is 0 Å². The highest BCUT2D eigenvalue weighted by molar-refractivity contribution is 5.79. The number of rotatable bonds is 4. The molecule has 1 heterocycles. The van der Waals surface area contributed by atoms with Crippen molar-refractivity contribution in [2.45, 2.75) is 69.3 Å². The molecule has 3 atom stereocenters. The number of nitrogens with zero attached hydrogens (tertiary/aromatic N) is 1. The number of aliphatic hydroxyl groups is 1. The summed E-state index contributed by atoms with van der Waals surface area (Å²) in [7, 11) is 0. The lowest BCUT2D eigenvalue weighted by Crippen LogP contribution is -2.48. The summed E-state index contributed by atoms with van der Waals surface area (Å²) in [6.45, 7) is 2.15. The Kier molecular flexibility index (Phi) is 5.33. The number of fused-ring (bicyclic) bond motifs is 4. The molecule has 174 valence electrons. The molecule has 4 aromatic rings. The fraction of sp³-hybridized carbons (Fsp3) is 0.387. The Balaban J connectivity index is 1.45. The van der Waals surface area contributed by atoms with E-state index in [0.29, 0.717) is 5.92 Å². The summed E-state index contributed by atoms with van der Waals surface area (Å²) >= 11 is 0. The van der Waals surface area contributed by atoms with Crippen LogP contribution < -0.4 is 0 Å². The maximum atomic E-state index is 11.3. The average Bonchev–Trinajstić information content (AvgIpc) is 3.25. The molecule has 3 heteroatoms. The van der Waals surface area contributed by atoms with Crippen molar-refractivity contribution in [2.24, 2.45) is 5.92 Å². The molecule has 0 unspecified atom stereocenters. The van der Waals surface area contributed by atoms with E-state index in [1.165, 1.54) is 35.1 Å². The van der Waals surface area contributed by atoms with Crippen LogP contribution >= 0.6 is 0 Å². The molecule has 2 aliphatic carbocycles. The van der Waals surface area contributed by atoms with Crippen LogP contribution in [0.3, 0.4) is 0 Å². The average molecular weight is 451 g/mol. The Hall–Kier alpha value is -2.91. The van der Waals surface area contributed by atoms with Gasteiger partial charge in [0.25, 0.3) is 0 Å². The Morgan fingerprint density at radius 2 is 1.82 bits per heavy atom. The highest BCUT2D eigenvalue weighted by atomic mass is 16.3. The molecule has 2 aliphatic rings. The lowest BCUT2D eigenvalue weighted by Gasteiger charge is -2.50. The number of hydrogen-bond acceptors (Lipinski definition) is 2. The first-order valence-corrected chi connectivity index (χ1v) is 12.9. The van der Waals surface area contributed by atoms with E-state index in [2.05, 4.69) is 78.6 Å². The van der Waals surface area contributed by atoms with E-state index in [9.17, 15) is 5.11 Å². The maximum Gasteiger partial charge on any atom is 0.138 e. The van der Waals surface area contributed by atoms with Gasteiger partial charge in [0.2, 0.25) is 0 Å².